The van der Waals surface area contributed by atoms with E-state index in [4.69, 9.17) is 14.7 Å². The zero-order valence-corrected chi connectivity index (χ0v) is 29.9. The molecule has 8 bridgehead atoms. The largest absolute Gasteiger partial charge is 0.493 e. The minimum atomic E-state index is -0.845. The quantitative estimate of drug-likeness (QED) is 0.129. The van der Waals surface area contributed by atoms with E-state index in [2.05, 4.69) is 107 Å². The zero-order valence-electron chi connectivity index (χ0n) is 29.9. The number of aromatic amines is 2. The van der Waals surface area contributed by atoms with Crippen LogP contribution >= 0.6 is 0 Å². The highest BCUT2D eigenvalue weighted by molar-refractivity contribution is 6.00. The number of carbonyl (C=O) groups is 1. The Kier molecular flexibility index (Phi) is 8.94. The first-order chi connectivity index (χ1) is 27.1. The fourth-order valence-electron chi connectivity index (χ4n) is 7.42. The number of para-hydroxylation sites is 1. The Bertz CT molecular complexity index is 2740. The Morgan fingerprint density at radius 1 is 0.491 bits per heavy atom. The monoisotopic (exact) mass is 716 g/mol. The van der Waals surface area contributed by atoms with Gasteiger partial charge in [0.2, 0.25) is 0 Å². The Morgan fingerprint density at radius 3 is 1.31 bits per heavy atom. The molecule has 0 saturated heterocycles. The Labute approximate surface area is 318 Å². The number of nitrogens with one attached hydrogen (secondary N) is 2. The highest BCUT2D eigenvalue weighted by atomic mass is 16.5. The second-order valence-electron chi connectivity index (χ2n) is 13.4. The topological polar surface area (TPSA) is 104 Å². The first kappa shape index (κ1) is 33.6. The number of H-pyrrole nitrogens is 2. The summed E-state index contributed by atoms with van der Waals surface area (Å²) in [4.78, 5) is 29.6. The van der Waals surface area contributed by atoms with Crippen LogP contribution in [-0.4, -0.2) is 37.6 Å². The van der Waals surface area contributed by atoms with Crippen LogP contribution in [0, 0.1) is 0 Å². The molecule has 3 N–H and O–H groups in total. The van der Waals surface area contributed by atoms with Gasteiger partial charge in [0.05, 0.1) is 29.4 Å². The number of hydrogen-bond donors (Lipinski definition) is 3. The first-order valence-electron chi connectivity index (χ1n) is 18.4. The van der Waals surface area contributed by atoms with Crippen molar-refractivity contribution in [2.24, 2.45) is 0 Å². The predicted octanol–water partition coefficient (Wildman–Crippen LogP) is 11.6. The van der Waals surface area contributed by atoms with E-state index in [9.17, 15) is 9.90 Å². The van der Waals surface area contributed by atoms with Gasteiger partial charge in [0, 0.05) is 56.3 Å². The highest BCUT2D eigenvalue weighted by Crippen LogP contribution is 2.40. The average molecular weight is 717 g/mol. The van der Waals surface area contributed by atoms with Crippen molar-refractivity contribution in [1.82, 2.24) is 19.9 Å². The van der Waals surface area contributed by atoms with Crippen molar-refractivity contribution in [2.45, 2.75) is 12.8 Å². The molecule has 266 valence electrons. The summed E-state index contributed by atoms with van der Waals surface area (Å²) in [7, 11) is 0. The lowest BCUT2D eigenvalue weighted by molar-refractivity contribution is -0.137. The lowest BCUT2D eigenvalue weighted by Crippen LogP contribution is -2.03. The van der Waals surface area contributed by atoms with Crippen LogP contribution in [0.4, 0.5) is 0 Å². The van der Waals surface area contributed by atoms with Crippen LogP contribution in [-0.2, 0) is 4.79 Å². The molecule has 0 atom stereocenters. The Balaban J connectivity index is 1.41. The van der Waals surface area contributed by atoms with Gasteiger partial charge in [0.15, 0.2) is 0 Å². The van der Waals surface area contributed by atoms with E-state index >= 15 is 0 Å². The minimum absolute atomic E-state index is 0.0330. The lowest BCUT2D eigenvalue weighted by Gasteiger charge is -2.12. The summed E-state index contributed by atoms with van der Waals surface area (Å²) in [6.45, 7) is 0.270. The number of aliphatic carboxylic acids is 1. The molecular weight excluding hydrogens is 681 g/mol. The lowest BCUT2D eigenvalue weighted by atomic mass is 10.0. The van der Waals surface area contributed by atoms with Crippen molar-refractivity contribution in [2.75, 3.05) is 6.61 Å². The van der Waals surface area contributed by atoms with Crippen LogP contribution in [0.3, 0.4) is 0 Å². The smallest absolute Gasteiger partial charge is 0.303 e. The maximum Gasteiger partial charge on any atom is 0.303 e. The highest BCUT2D eigenvalue weighted by Gasteiger charge is 2.20. The normalized spacial score (nSPS) is 11.9. The van der Waals surface area contributed by atoms with Gasteiger partial charge >= 0.3 is 5.97 Å². The van der Waals surface area contributed by atoms with Crippen LogP contribution in [0.25, 0.3) is 90.9 Å². The van der Waals surface area contributed by atoms with Gasteiger partial charge in [-0.3, -0.25) is 4.79 Å². The van der Waals surface area contributed by atoms with Crippen LogP contribution < -0.4 is 4.74 Å². The number of nitrogens with zero attached hydrogens (tertiary/aromatic N) is 2. The van der Waals surface area contributed by atoms with E-state index in [1.165, 1.54) is 0 Å². The summed E-state index contributed by atoms with van der Waals surface area (Å²) in [5, 5.41) is 9.25. The van der Waals surface area contributed by atoms with E-state index in [1.54, 1.807) is 0 Å². The van der Waals surface area contributed by atoms with Crippen LogP contribution in [0.2, 0.25) is 0 Å². The predicted molar refractivity (Wildman–Crippen MR) is 223 cm³/mol. The number of hydrogen-bond acceptors (Lipinski definition) is 4. The number of carboxylic acids is 1. The van der Waals surface area contributed by atoms with Gasteiger partial charge in [0.25, 0.3) is 0 Å². The molecule has 0 saturated carbocycles. The molecule has 0 amide bonds. The van der Waals surface area contributed by atoms with Crippen molar-refractivity contribution in [1.29, 1.82) is 0 Å². The molecule has 0 radical (unpaired) electrons. The summed E-state index contributed by atoms with van der Waals surface area (Å²) < 4.78 is 6.29. The Hall–Kier alpha value is -7.25. The number of carboxylic acid groups (broad SMARTS) is 1. The van der Waals surface area contributed by atoms with E-state index in [-0.39, 0.29) is 13.0 Å². The molecule has 7 heteroatoms. The van der Waals surface area contributed by atoms with E-state index in [0.717, 1.165) is 89.4 Å². The third-order valence-electron chi connectivity index (χ3n) is 9.89. The number of fused-ring (bicyclic) bond motifs is 8. The van der Waals surface area contributed by atoms with Crippen LogP contribution in [0.5, 0.6) is 5.75 Å². The molecule has 9 rings (SSSR count). The SMILES string of the molecule is O=C(O)CCCOc1ccccc1-c1c2nc(c(-c3ccccc3)c3ccc([nH]3)c(-c3ccccc3)c3nc(c(-c4ccccc4)c4ccc1[nH]4)C=C3)C=C2. The van der Waals surface area contributed by atoms with Gasteiger partial charge in [-0.05, 0) is 77.7 Å². The van der Waals surface area contributed by atoms with Crippen molar-refractivity contribution >= 4 is 52.3 Å². The zero-order chi connectivity index (χ0) is 37.1. The molecule has 4 aromatic carbocycles. The molecule has 0 spiro atoms. The molecule has 7 aromatic rings. The second kappa shape index (κ2) is 14.6. The molecule has 7 nitrogen and oxygen atoms in total. The fraction of sp³-hybridized carbons (Fsp3) is 0.0625. The van der Waals surface area contributed by atoms with Gasteiger partial charge in [-0.25, -0.2) is 9.97 Å². The standard InChI is InChI=1S/C48H36N4O3/c53-44(54)21-12-30-55-43-20-11-10-19-34(43)48-41-28-26-39(51-41)46(32-15-6-2-7-16-32)37-24-22-35(49-37)45(31-13-4-1-5-14-31)36-23-25-38(50-36)47(33-17-8-3-9-18-33)40-27-29-42(48)52-40/h1-11,13-20,22-29,49,52H,12,21,30H2,(H,53,54). The molecule has 3 aromatic heterocycles. The summed E-state index contributed by atoms with van der Waals surface area (Å²) in [5.74, 6) is -0.195. The molecule has 0 fully saturated rings. The maximum absolute atomic E-state index is 11.3. The van der Waals surface area contributed by atoms with Crippen molar-refractivity contribution in [3.63, 3.8) is 0 Å². The van der Waals surface area contributed by atoms with Crippen LogP contribution in [0.1, 0.15) is 35.6 Å². The van der Waals surface area contributed by atoms with Crippen molar-refractivity contribution < 1.29 is 14.6 Å². The molecule has 5 heterocycles. The molecule has 0 unspecified atom stereocenters. The van der Waals surface area contributed by atoms with Crippen molar-refractivity contribution in [3.05, 3.63) is 162 Å². The summed E-state index contributed by atoms with van der Waals surface area (Å²) in [6, 6.07) is 47.4. The molecular formula is C48H36N4O3. The summed E-state index contributed by atoms with van der Waals surface area (Å²) >= 11 is 0. The number of ether oxygens (including phenoxy) is 1. The van der Waals surface area contributed by atoms with E-state index in [0.29, 0.717) is 12.2 Å². The minimum Gasteiger partial charge on any atom is -0.493 e. The number of aromatic nitrogens is 4. The summed E-state index contributed by atoms with van der Waals surface area (Å²) in [6.07, 6.45) is 8.76. The van der Waals surface area contributed by atoms with Gasteiger partial charge in [-0.15, -0.1) is 0 Å². The molecule has 55 heavy (non-hydrogen) atoms. The van der Waals surface area contributed by atoms with Gasteiger partial charge in [-0.1, -0.05) is 109 Å². The van der Waals surface area contributed by atoms with Crippen LogP contribution in [0.15, 0.2) is 140 Å². The third-order valence-corrected chi connectivity index (χ3v) is 9.89. The Morgan fingerprint density at radius 2 is 0.873 bits per heavy atom. The second-order valence-corrected chi connectivity index (χ2v) is 13.4. The van der Waals surface area contributed by atoms with E-state index in [1.807, 2.05) is 66.7 Å². The molecule has 2 aliphatic heterocycles. The van der Waals surface area contributed by atoms with Crippen molar-refractivity contribution in [3.8, 4) is 50.3 Å². The number of benzene rings is 4. The first-order valence-corrected chi connectivity index (χ1v) is 18.4. The average Bonchev–Trinajstić information content (AvgIpc) is 4.06. The van der Waals surface area contributed by atoms with E-state index < -0.39 is 5.97 Å². The molecule has 0 aliphatic carbocycles. The van der Waals surface area contributed by atoms with Gasteiger partial charge in [0.1, 0.15) is 5.75 Å². The fourth-order valence-corrected chi connectivity index (χ4v) is 7.42. The maximum atomic E-state index is 11.3. The number of rotatable bonds is 9. The van der Waals surface area contributed by atoms with Gasteiger partial charge in [-0.2, -0.15) is 0 Å². The molecule has 2 aliphatic rings. The van der Waals surface area contributed by atoms with Gasteiger partial charge < -0.3 is 19.8 Å². The third kappa shape index (κ3) is 6.64. The summed E-state index contributed by atoms with van der Waals surface area (Å²) in [5.41, 5.74) is 14.7.